The highest BCUT2D eigenvalue weighted by Crippen LogP contribution is 2.14. The first-order valence-corrected chi connectivity index (χ1v) is 6.79. The summed E-state index contributed by atoms with van der Waals surface area (Å²) in [6.07, 6.45) is 0. The normalized spacial score (nSPS) is 10.0. The minimum absolute atomic E-state index is 0.0766. The van der Waals surface area contributed by atoms with Gasteiger partial charge in [0.05, 0.1) is 0 Å². The lowest BCUT2D eigenvalue weighted by Gasteiger charge is -2.08. The molecule has 2 aromatic rings. The van der Waals surface area contributed by atoms with Crippen LogP contribution in [0.1, 0.15) is 15.9 Å². The molecule has 0 radical (unpaired) electrons. The van der Waals surface area contributed by atoms with Crippen LogP contribution in [-0.4, -0.2) is 13.0 Å². The minimum Gasteiger partial charge on any atom is -0.381 e. The van der Waals surface area contributed by atoms with Crippen molar-refractivity contribution in [2.24, 2.45) is 0 Å². The summed E-state index contributed by atoms with van der Waals surface area (Å²) >= 11 is 3.41. The van der Waals surface area contributed by atoms with Gasteiger partial charge in [0.2, 0.25) is 0 Å². The second-order valence-electron chi connectivity index (χ2n) is 4.14. The van der Waals surface area contributed by atoms with Crippen molar-refractivity contribution in [1.29, 1.82) is 0 Å². The van der Waals surface area contributed by atoms with E-state index in [2.05, 4.69) is 38.7 Å². The first kappa shape index (κ1) is 13.6. The Kier molecular flexibility index (Phi) is 4.58. The average Bonchev–Trinajstić information content (AvgIpc) is 2.46. The topological polar surface area (TPSA) is 41.1 Å². The van der Waals surface area contributed by atoms with Crippen LogP contribution in [0.4, 0.5) is 5.69 Å². The third-order valence-electron chi connectivity index (χ3n) is 2.76. The molecule has 0 saturated carbocycles. The predicted octanol–water partition coefficient (Wildman–Crippen LogP) is 3.42. The molecule has 2 aromatic carbocycles. The molecule has 0 aliphatic heterocycles. The maximum atomic E-state index is 11.5. The molecule has 0 heterocycles. The maximum absolute atomic E-state index is 11.5. The Balaban J connectivity index is 2.03. The highest BCUT2D eigenvalue weighted by atomic mass is 79.9. The fourth-order valence-corrected chi connectivity index (χ4v) is 1.99. The number of benzene rings is 2. The van der Waals surface area contributed by atoms with E-state index < -0.39 is 0 Å². The molecule has 98 valence electrons. The van der Waals surface area contributed by atoms with Crippen LogP contribution in [0.2, 0.25) is 0 Å². The number of halogens is 1. The number of rotatable bonds is 4. The number of hydrogen-bond donors (Lipinski definition) is 2. The second-order valence-corrected chi connectivity index (χ2v) is 5.06. The van der Waals surface area contributed by atoms with Gasteiger partial charge in [-0.15, -0.1) is 0 Å². The number of hydrogen-bond acceptors (Lipinski definition) is 2. The molecule has 3 nitrogen and oxygen atoms in total. The molecule has 0 unspecified atom stereocenters. The maximum Gasteiger partial charge on any atom is 0.251 e. The van der Waals surface area contributed by atoms with Crippen molar-refractivity contribution < 1.29 is 4.79 Å². The Morgan fingerprint density at radius 2 is 1.89 bits per heavy atom. The zero-order valence-electron chi connectivity index (χ0n) is 10.6. The molecular formula is C15H15BrN2O. The number of nitrogens with one attached hydrogen (secondary N) is 2. The van der Waals surface area contributed by atoms with E-state index in [4.69, 9.17) is 0 Å². The Hall–Kier alpha value is -1.81. The van der Waals surface area contributed by atoms with Crippen molar-refractivity contribution >= 4 is 27.5 Å². The van der Waals surface area contributed by atoms with E-state index >= 15 is 0 Å². The van der Waals surface area contributed by atoms with Crippen LogP contribution in [-0.2, 0) is 6.54 Å². The van der Waals surface area contributed by atoms with Crippen LogP contribution in [0.5, 0.6) is 0 Å². The van der Waals surface area contributed by atoms with Crippen LogP contribution >= 0.6 is 15.9 Å². The Labute approximate surface area is 121 Å². The van der Waals surface area contributed by atoms with Gasteiger partial charge < -0.3 is 10.6 Å². The molecule has 0 saturated heterocycles. The SMILES string of the molecule is CNC(=O)c1cccc(NCc2ccc(Br)cc2)c1. The van der Waals surface area contributed by atoms with Crippen molar-refractivity contribution in [3.63, 3.8) is 0 Å². The summed E-state index contributed by atoms with van der Waals surface area (Å²) in [4.78, 5) is 11.5. The third-order valence-corrected chi connectivity index (χ3v) is 3.29. The summed E-state index contributed by atoms with van der Waals surface area (Å²) in [5.41, 5.74) is 2.78. The zero-order chi connectivity index (χ0) is 13.7. The summed E-state index contributed by atoms with van der Waals surface area (Å²) in [5.74, 6) is -0.0766. The molecular weight excluding hydrogens is 304 g/mol. The third kappa shape index (κ3) is 3.83. The molecule has 0 aromatic heterocycles. The zero-order valence-corrected chi connectivity index (χ0v) is 12.2. The van der Waals surface area contributed by atoms with Gasteiger partial charge in [0.15, 0.2) is 0 Å². The predicted molar refractivity (Wildman–Crippen MR) is 81.3 cm³/mol. The lowest BCUT2D eigenvalue weighted by atomic mass is 10.1. The molecule has 1 amide bonds. The smallest absolute Gasteiger partial charge is 0.251 e. The molecule has 19 heavy (non-hydrogen) atoms. The fourth-order valence-electron chi connectivity index (χ4n) is 1.72. The number of amides is 1. The number of carbonyl (C=O) groups excluding carboxylic acids is 1. The van der Waals surface area contributed by atoms with Gasteiger partial charge in [-0.25, -0.2) is 0 Å². The van der Waals surface area contributed by atoms with E-state index in [1.807, 2.05) is 30.3 Å². The van der Waals surface area contributed by atoms with Crippen LogP contribution in [0.25, 0.3) is 0 Å². The Morgan fingerprint density at radius 3 is 2.58 bits per heavy atom. The van der Waals surface area contributed by atoms with Gasteiger partial charge in [-0.1, -0.05) is 34.1 Å². The van der Waals surface area contributed by atoms with Crippen molar-refractivity contribution in [1.82, 2.24) is 5.32 Å². The van der Waals surface area contributed by atoms with Gasteiger partial charge in [-0.2, -0.15) is 0 Å². The summed E-state index contributed by atoms with van der Waals surface area (Å²) in [7, 11) is 1.63. The molecule has 0 spiro atoms. The molecule has 4 heteroatoms. The van der Waals surface area contributed by atoms with E-state index in [-0.39, 0.29) is 5.91 Å². The standard InChI is InChI=1S/C15H15BrN2O/c1-17-15(19)12-3-2-4-14(9-12)18-10-11-5-7-13(16)8-6-11/h2-9,18H,10H2,1H3,(H,17,19). The molecule has 2 N–H and O–H groups in total. The number of carbonyl (C=O) groups is 1. The monoisotopic (exact) mass is 318 g/mol. The number of anilines is 1. The Bertz CT molecular complexity index is 567. The van der Waals surface area contributed by atoms with Crippen molar-refractivity contribution in [3.05, 3.63) is 64.1 Å². The van der Waals surface area contributed by atoms with Crippen molar-refractivity contribution in [2.45, 2.75) is 6.54 Å². The lowest BCUT2D eigenvalue weighted by Crippen LogP contribution is -2.17. The first-order chi connectivity index (χ1) is 9.19. The molecule has 0 bridgehead atoms. The second kappa shape index (κ2) is 6.38. The van der Waals surface area contributed by atoms with Gasteiger partial charge in [-0.3, -0.25) is 4.79 Å². The molecule has 0 aliphatic rings. The van der Waals surface area contributed by atoms with E-state index in [9.17, 15) is 4.79 Å². The van der Waals surface area contributed by atoms with E-state index in [1.165, 1.54) is 5.56 Å². The van der Waals surface area contributed by atoms with E-state index in [0.29, 0.717) is 5.56 Å². The molecule has 0 atom stereocenters. The van der Waals surface area contributed by atoms with Crippen LogP contribution in [0.3, 0.4) is 0 Å². The van der Waals surface area contributed by atoms with Crippen molar-refractivity contribution in [2.75, 3.05) is 12.4 Å². The highest BCUT2D eigenvalue weighted by Gasteiger charge is 2.03. The summed E-state index contributed by atoms with van der Waals surface area (Å²) in [5, 5.41) is 5.92. The summed E-state index contributed by atoms with van der Waals surface area (Å²) in [6, 6.07) is 15.6. The molecule has 0 fully saturated rings. The average molecular weight is 319 g/mol. The minimum atomic E-state index is -0.0766. The highest BCUT2D eigenvalue weighted by molar-refractivity contribution is 9.10. The molecule has 0 aliphatic carbocycles. The Morgan fingerprint density at radius 1 is 1.16 bits per heavy atom. The van der Waals surface area contributed by atoms with Crippen LogP contribution < -0.4 is 10.6 Å². The largest absolute Gasteiger partial charge is 0.381 e. The van der Waals surface area contributed by atoms with Gasteiger partial charge in [0, 0.05) is 29.3 Å². The van der Waals surface area contributed by atoms with Gasteiger partial charge in [-0.05, 0) is 35.9 Å². The van der Waals surface area contributed by atoms with E-state index in [1.54, 1.807) is 13.1 Å². The summed E-state index contributed by atoms with van der Waals surface area (Å²) < 4.78 is 1.07. The first-order valence-electron chi connectivity index (χ1n) is 5.99. The fraction of sp³-hybridized carbons (Fsp3) is 0.133. The van der Waals surface area contributed by atoms with Gasteiger partial charge in [0.25, 0.3) is 5.91 Å². The van der Waals surface area contributed by atoms with E-state index in [0.717, 1.165) is 16.7 Å². The van der Waals surface area contributed by atoms with Gasteiger partial charge >= 0.3 is 0 Å². The van der Waals surface area contributed by atoms with Gasteiger partial charge in [0.1, 0.15) is 0 Å². The molecule has 2 rings (SSSR count). The quantitative estimate of drug-likeness (QED) is 0.907. The lowest BCUT2D eigenvalue weighted by molar-refractivity contribution is 0.0963. The van der Waals surface area contributed by atoms with Crippen LogP contribution in [0, 0.1) is 0 Å². The summed E-state index contributed by atoms with van der Waals surface area (Å²) in [6.45, 7) is 0.727. The van der Waals surface area contributed by atoms with Crippen molar-refractivity contribution in [3.8, 4) is 0 Å². The van der Waals surface area contributed by atoms with Crippen LogP contribution in [0.15, 0.2) is 53.0 Å².